The number of hydrogen-bond acceptors (Lipinski definition) is 4. The second-order valence-corrected chi connectivity index (χ2v) is 7.40. The van der Waals surface area contributed by atoms with E-state index in [4.69, 9.17) is 4.42 Å². The van der Waals surface area contributed by atoms with Crippen molar-refractivity contribution in [2.75, 3.05) is 18.8 Å². The molecular formula is C14H22N2O4S. The van der Waals surface area contributed by atoms with Gasteiger partial charge in [0.05, 0.1) is 24.5 Å². The first kappa shape index (κ1) is 16.0. The van der Waals surface area contributed by atoms with Crippen LogP contribution in [0.5, 0.6) is 0 Å². The number of piperidine rings is 1. The van der Waals surface area contributed by atoms with E-state index in [0.717, 1.165) is 12.8 Å². The third-order valence-corrected chi connectivity index (χ3v) is 5.67. The van der Waals surface area contributed by atoms with Crippen molar-refractivity contribution < 1.29 is 17.6 Å². The van der Waals surface area contributed by atoms with Crippen molar-refractivity contribution in [1.29, 1.82) is 0 Å². The quantitative estimate of drug-likeness (QED) is 0.859. The van der Waals surface area contributed by atoms with E-state index in [9.17, 15) is 13.2 Å². The summed E-state index contributed by atoms with van der Waals surface area (Å²) >= 11 is 0. The van der Waals surface area contributed by atoms with Gasteiger partial charge < -0.3 is 9.73 Å². The van der Waals surface area contributed by atoms with Crippen LogP contribution in [-0.2, 0) is 21.4 Å². The summed E-state index contributed by atoms with van der Waals surface area (Å²) in [4.78, 5) is 12.1. The largest absolute Gasteiger partial charge is 0.467 e. The Morgan fingerprint density at radius 2 is 2.33 bits per heavy atom. The number of carbonyl (C=O) groups excluding carboxylic acids is 1. The number of nitrogens with zero attached hydrogens (tertiary/aromatic N) is 1. The summed E-state index contributed by atoms with van der Waals surface area (Å²) < 4.78 is 30.8. The zero-order chi connectivity index (χ0) is 15.3. The van der Waals surface area contributed by atoms with Gasteiger partial charge in [-0.15, -0.1) is 0 Å². The number of sulfonamides is 1. The summed E-state index contributed by atoms with van der Waals surface area (Å²) in [6, 6.07) is 3.56. The fraction of sp³-hybridized carbons (Fsp3) is 0.643. The standard InChI is InChI=1S/C14H22N2O4S/c1-2-9-21(18,19)16-7-3-5-12(11-16)14(17)15-10-13-6-4-8-20-13/h4,6,8,12H,2-3,5,7,9-11H2,1H3,(H,15,17)/t12-/m1/s1. The van der Waals surface area contributed by atoms with Crippen LogP contribution in [0.15, 0.2) is 22.8 Å². The van der Waals surface area contributed by atoms with Gasteiger partial charge in [-0.05, 0) is 31.4 Å². The maximum atomic E-state index is 12.1. The second-order valence-electron chi connectivity index (χ2n) is 5.31. The van der Waals surface area contributed by atoms with Crippen molar-refractivity contribution in [3.05, 3.63) is 24.2 Å². The molecule has 0 radical (unpaired) electrons. The van der Waals surface area contributed by atoms with Crippen LogP contribution < -0.4 is 5.32 Å². The molecule has 0 unspecified atom stereocenters. The van der Waals surface area contributed by atoms with Gasteiger partial charge in [-0.3, -0.25) is 4.79 Å². The van der Waals surface area contributed by atoms with Crippen LogP contribution in [-0.4, -0.2) is 37.5 Å². The summed E-state index contributed by atoms with van der Waals surface area (Å²) in [5.74, 6) is 0.450. The predicted molar refractivity (Wildman–Crippen MR) is 78.9 cm³/mol. The number of amides is 1. The first-order valence-corrected chi connectivity index (χ1v) is 8.91. The summed E-state index contributed by atoms with van der Waals surface area (Å²) in [5.41, 5.74) is 0. The van der Waals surface area contributed by atoms with E-state index < -0.39 is 10.0 Å². The topological polar surface area (TPSA) is 79.6 Å². The zero-order valence-corrected chi connectivity index (χ0v) is 13.1. The Balaban J connectivity index is 1.89. The Labute approximate surface area is 125 Å². The molecule has 7 heteroatoms. The Hall–Kier alpha value is -1.34. The van der Waals surface area contributed by atoms with Gasteiger partial charge in [0.15, 0.2) is 0 Å². The first-order chi connectivity index (χ1) is 10.0. The molecule has 1 N–H and O–H groups in total. The van der Waals surface area contributed by atoms with Crippen molar-refractivity contribution in [1.82, 2.24) is 9.62 Å². The van der Waals surface area contributed by atoms with Crippen LogP contribution in [0.25, 0.3) is 0 Å². The molecule has 118 valence electrons. The van der Waals surface area contributed by atoms with Crippen LogP contribution >= 0.6 is 0 Å². The van der Waals surface area contributed by atoms with E-state index in [1.807, 2.05) is 6.92 Å². The van der Waals surface area contributed by atoms with Crippen LogP contribution in [0.3, 0.4) is 0 Å². The van der Waals surface area contributed by atoms with Gasteiger partial charge in [-0.25, -0.2) is 12.7 Å². The molecule has 21 heavy (non-hydrogen) atoms. The Kier molecular flexibility index (Phi) is 5.41. The lowest BCUT2D eigenvalue weighted by Gasteiger charge is -2.31. The molecule has 0 spiro atoms. The molecule has 1 atom stereocenters. The minimum Gasteiger partial charge on any atom is -0.467 e. The second kappa shape index (κ2) is 7.09. The SMILES string of the molecule is CCCS(=O)(=O)N1CCC[C@@H](C(=O)NCc2ccco2)C1. The van der Waals surface area contributed by atoms with E-state index in [-0.39, 0.29) is 24.1 Å². The number of rotatable bonds is 6. The van der Waals surface area contributed by atoms with Gasteiger partial charge in [0.25, 0.3) is 0 Å². The highest BCUT2D eigenvalue weighted by Crippen LogP contribution is 2.20. The molecule has 2 heterocycles. The third kappa shape index (κ3) is 4.31. The number of hydrogen-bond donors (Lipinski definition) is 1. The van der Waals surface area contributed by atoms with Crippen molar-refractivity contribution in [3.63, 3.8) is 0 Å². The molecule has 0 aliphatic carbocycles. The highest BCUT2D eigenvalue weighted by atomic mass is 32.2. The summed E-state index contributed by atoms with van der Waals surface area (Å²) in [7, 11) is -3.22. The van der Waals surface area contributed by atoms with Crippen LogP contribution in [0, 0.1) is 5.92 Å². The van der Waals surface area contributed by atoms with Gasteiger partial charge in [0.2, 0.25) is 15.9 Å². The monoisotopic (exact) mass is 314 g/mol. The van der Waals surface area contributed by atoms with Crippen LogP contribution in [0.4, 0.5) is 0 Å². The van der Waals surface area contributed by atoms with Gasteiger partial charge in [-0.1, -0.05) is 6.92 Å². The minimum atomic E-state index is -3.22. The molecule has 1 saturated heterocycles. The fourth-order valence-electron chi connectivity index (χ4n) is 2.53. The maximum absolute atomic E-state index is 12.1. The van der Waals surface area contributed by atoms with Gasteiger partial charge in [0.1, 0.15) is 5.76 Å². The molecule has 1 aromatic heterocycles. The molecule has 0 aromatic carbocycles. The molecular weight excluding hydrogens is 292 g/mol. The smallest absolute Gasteiger partial charge is 0.224 e. The fourth-order valence-corrected chi connectivity index (χ4v) is 4.12. The highest BCUT2D eigenvalue weighted by Gasteiger charge is 2.31. The van der Waals surface area contributed by atoms with Gasteiger partial charge in [0, 0.05) is 13.1 Å². The van der Waals surface area contributed by atoms with Gasteiger partial charge >= 0.3 is 0 Å². The molecule has 1 aromatic rings. The Morgan fingerprint density at radius 1 is 1.52 bits per heavy atom. The maximum Gasteiger partial charge on any atom is 0.224 e. The molecule has 0 saturated carbocycles. The first-order valence-electron chi connectivity index (χ1n) is 7.31. The van der Waals surface area contributed by atoms with E-state index in [1.54, 1.807) is 18.4 Å². The van der Waals surface area contributed by atoms with Crippen LogP contribution in [0.2, 0.25) is 0 Å². The highest BCUT2D eigenvalue weighted by molar-refractivity contribution is 7.89. The Morgan fingerprint density at radius 3 is 3.00 bits per heavy atom. The van der Waals surface area contributed by atoms with Gasteiger partial charge in [-0.2, -0.15) is 0 Å². The van der Waals surface area contributed by atoms with Crippen molar-refractivity contribution >= 4 is 15.9 Å². The average Bonchev–Trinajstić information content (AvgIpc) is 2.98. The lowest BCUT2D eigenvalue weighted by Crippen LogP contribution is -2.45. The third-order valence-electron chi connectivity index (χ3n) is 3.63. The van der Waals surface area contributed by atoms with E-state index in [1.165, 1.54) is 4.31 Å². The molecule has 1 fully saturated rings. The zero-order valence-electron chi connectivity index (χ0n) is 12.2. The molecule has 1 aliphatic rings. The number of nitrogens with one attached hydrogen (secondary N) is 1. The van der Waals surface area contributed by atoms with Crippen molar-refractivity contribution in [2.45, 2.75) is 32.7 Å². The summed E-state index contributed by atoms with van der Waals surface area (Å²) in [6.45, 7) is 2.98. The molecule has 1 aliphatic heterocycles. The van der Waals surface area contributed by atoms with E-state index >= 15 is 0 Å². The summed E-state index contributed by atoms with van der Waals surface area (Å²) in [6.07, 6.45) is 3.60. The lowest BCUT2D eigenvalue weighted by molar-refractivity contribution is -0.126. The predicted octanol–water partition coefficient (Wildman–Crippen LogP) is 1.35. The average molecular weight is 314 g/mol. The Bertz CT molecular complexity index is 554. The number of furan rings is 1. The minimum absolute atomic E-state index is 0.109. The lowest BCUT2D eigenvalue weighted by atomic mass is 9.99. The molecule has 6 nitrogen and oxygen atoms in total. The summed E-state index contributed by atoms with van der Waals surface area (Å²) in [5, 5.41) is 2.80. The van der Waals surface area contributed by atoms with E-state index in [2.05, 4.69) is 5.32 Å². The molecule has 0 bridgehead atoms. The molecule has 1 amide bonds. The van der Waals surface area contributed by atoms with Crippen LogP contribution in [0.1, 0.15) is 31.9 Å². The van der Waals surface area contributed by atoms with E-state index in [0.29, 0.717) is 25.3 Å². The van der Waals surface area contributed by atoms with Crippen molar-refractivity contribution in [2.24, 2.45) is 5.92 Å². The van der Waals surface area contributed by atoms with Crippen molar-refractivity contribution in [3.8, 4) is 0 Å². The molecule has 2 rings (SSSR count). The number of carbonyl (C=O) groups is 1. The normalized spacial score (nSPS) is 20.3.